The number of fused-ring (bicyclic) bond motifs is 1. The molecule has 2 heterocycles. The molecule has 0 spiro atoms. The van der Waals surface area contributed by atoms with Crippen LogP contribution in [0.4, 0.5) is 0 Å². The Labute approximate surface area is 142 Å². The molecular weight excluding hydrogens is 306 g/mol. The first-order valence-corrected chi connectivity index (χ1v) is 8.45. The molecule has 3 atom stereocenters. The zero-order chi connectivity index (χ0) is 16.9. The van der Waals surface area contributed by atoms with Gasteiger partial charge in [0, 0.05) is 23.7 Å². The number of methoxy groups -OCH3 is 1. The van der Waals surface area contributed by atoms with E-state index in [0.29, 0.717) is 18.8 Å². The highest BCUT2D eigenvalue weighted by molar-refractivity contribution is 5.43. The number of furan rings is 1. The van der Waals surface area contributed by atoms with Crippen LogP contribution in [0.2, 0.25) is 0 Å². The standard InChI is InChI=1S/C19H25NO4/c1-13(11-17(21)18-6-4-10-23-18)20-16-5-3-9-24-19-12-14(22-2)7-8-15(16)19/h4,6-8,10,12-13,16-17,20-21H,3,5,9,11H2,1-2H3. The van der Waals surface area contributed by atoms with Crippen LogP contribution in [0.3, 0.4) is 0 Å². The van der Waals surface area contributed by atoms with Crippen LogP contribution in [0.25, 0.3) is 0 Å². The van der Waals surface area contributed by atoms with Crippen molar-refractivity contribution < 1.29 is 19.0 Å². The average molecular weight is 331 g/mol. The van der Waals surface area contributed by atoms with Crippen LogP contribution in [0, 0.1) is 0 Å². The molecule has 1 aromatic carbocycles. The van der Waals surface area contributed by atoms with Crippen molar-refractivity contribution in [2.45, 2.75) is 44.4 Å². The Morgan fingerprint density at radius 1 is 1.38 bits per heavy atom. The fourth-order valence-electron chi connectivity index (χ4n) is 3.20. The van der Waals surface area contributed by atoms with Crippen LogP contribution in [0.5, 0.6) is 11.5 Å². The van der Waals surface area contributed by atoms with Gasteiger partial charge in [-0.1, -0.05) is 6.07 Å². The van der Waals surface area contributed by atoms with Gasteiger partial charge in [0.1, 0.15) is 23.4 Å². The molecule has 1 aromatic heterocycles. The first kappa shape index (κ1) is 16.9. The molecule has 0 amide bonds. The van der Waals surface area contributed by atoms with Crippen molar-refractivity contribution in [2.24, 2.45) is 0 Å². The van der Waals surface area contributed by atoms with E-state index in [1.807, 2.05) is 12.1 Å². The van der Waals surface area contributed by atoms with Gasteiger partial charge in [-0.05, 0) is 44.4 Å². The summed E-state index contributed by atoms with van der Waals surface area (Å²) in [5.41, 5.74) is 1.15. The van der Waals surface area contributed by atoms with Crippen LogP contribution in [-0.2, 0) is 0 Å². The molecular formula is C19H25NO4. The molecule has 130 valence electrons. The van der Waals surface area contributed by atoms with Crippen molar-refractivity contribution >= 4 is 0 Å². The number of benzene rings is 1. The molecule has 2 N–H and O–H groups in total. The Kier molecular flexibility index (Phi) is 5.43. The molecule has 3 unspecified atom stereocenters. The SMILES string of the molecule is COc1ccc2c(c1)OCCCC2NC(C)CC(O)c1ccco1. The highest BCUT2D eigenvalue weighted by Crippen LogP contribution is 2.35. The van der Waals surface area contributed by atoms with E-state index < -0.39 is 6.10 Å². The minimum atomic E-state index is -0.597. The molecule has 0 saturated carbocycles. The van der Waals surface area contributed by atoms with E-state index in [0.717, 1.165) is 29.9 Å². The number of ether oxygens (including phenoxy) is 2. The maximum absolute atomic E-state index is 10.3. The monoisotopic (exact) mass is 331 g/mol. The summed E-state index contributed by atoms with van der Waals surface area (Å²) >= 11 is 0. The second-order valence-electron chi connectivity index (χ2n) is 6.28. The van der Waals surface area contributed by atoms with Crippen LogP contribution < -0.4 is 14.8 Å². The third-order valence-electron chi connectivity index (χ3n) is 4.42. The van der Waals surface area contributed by atoms with E-state index >= 15 is 0 Å². The zero-order valence-electron chi connectivity index (χ0n) is 14.2. The second kappa shape index (κ2) is 7.73. The molecule has 0 saturated heterocycles. The minimum Gasteiger partial charge on any atom is -0.497 e. The predicted molar refractivity (Wildman–Crippen MR) is 91.3 cm³/mol. The Balaban J connectivity index is 1.68. The summed E-state index contributed by atoms with van der Waals surface area (Å²) in [4.78, 5) is 0. The number of hydrogen-bond acceptors (Lipinski definition) is 5. The molecule has 24 heavy (non-hydrogen) atoms. The van der Waals surface area contributed by atoms with Gasteiger partial charge < -0.3 is 24.3 Å². The predicted octanol–water partition coefficient (Wildman–Crippen LogP) is 3.60. The van der Waals surface area contributed by atoms with E-state index in [-0.39, 0.29) is 12.1 Å². The van der Waals surface area contributed by atoms with E-state index in [1.165, 1.54) is 0 Å². The highest BCUT2D eigenvalue weighted by atomic mass is 16.5. The molecule has 0 aliphatic carbocycles. The second-order valence-corrected chi connectivity index (χ2v) is 6.28. The van der Waals surface area contributed by atoms with Gasteiger partial charge in [-0.15, -0.1) is 0 Å². The van der Waals surface area contributed by atoms with E-state index in [1.54, 1.807) is 25.5 Å². The lowest BCUT2D eigenvalue weighted by atomic mass is 9.99. The van der Waals surface area contributed by atoms with Crippen molar-refractivity contribution in [3.8, 4) is 11.5 Å². The molecule has 3 rings (SSSR count). The maximum Gasteiger partial charge on any atom is 0.132 e. The summed E-state index contributed by atoms with van der Waals surface area (Å²) in [6.07, 6.45) is 3.57. The first-order chi connectivity index (χ1) is 11.7. The van der Waals surface area contributed by atoms with Crippen molar-refractivity contribution in [3.63, 3.8) is 0 Å². The van der Waals surface area contributed by atoms with Gasteiger partial charge in [0.25, 0.3) is 0 Å². The van der Waals surface area contributed by atoms with Crippen molar-refractivity contribution in [3.05, 3.63) is 47.9 Å². The molecule has 2 aromatic rings. The van der Waals surface area contributed by atoms with E-state index in [4.69, 9.17) is 13.9 Å². The van der Waals surface area contributed by atoms with E-state index in [2.05, 4.69) is 18.3 Å². The normalized spacial score (nSPS) is 19.7. The fourth-order valence-corrected chi connectivity index (χ4v) is 3.20. The summed E-state index contributed by atoms with van der Waals surface area (Å²) in [6, 6.07) is 9.91. The van der Waals surface area contributed by atoms with Crippen LogP contribution in [0.15, 0.2) is 41.0 Å². The number of rotatable bonds is 6. The lowest BCUT2D eigenvalue weighted by Crippen LogP contribution is -2.31. The van der Waals surface area contributed by atoms with Gasteiger partial charge >= 0.3 is 0 Å². The molecule has 0 radical (unpaired) electrons. The first-order valence-electron chi connectivity index (χ1n) is 8.45. The summed E-state index contributed by atoms with van der Waals surface area (Å²) in [5.74, 6) is 2.29. The summed E-state index contributed by atoms with van der Waals surface area (Å²) in [7, 11) is 1.66. The van der Waals surface area contributed by atoms with Gasteiger partial charge in [-0.25, -0.2) is 0 Å². The smallest absolute Gasteiger partial charge is 0.132 e. The minimum absolute atomic E-state index is 0.142. The summed E-state index contributed by atoms with van der Waals surface area (Å²) in [6.45, 7) is 2.79. The number of aliphatic hydroxyl groups is 1. The van der Waals surface area contributed by atoms with Gasteiger partial charge in [-0.3, -0.25) is 0 Å². The van der Waals surface area contributed by atoms with Crippen LogP contribution >= 0.6 is 0 Å². The van der Waals surface area contributed by atoms with Gasteiger partial charge in [0.15, 0.2) is 0 Å². The van der Waals surface area contributed by atoms with Gasteiger partial charge in [0.2, 0.25) is 0 Å². The Morgan fingerprint density at radius 2 is 2.25 bits per heavy atom. The van der Waals surface area contributed by atoms with Gasteiger partial charge in [0.05, 0.1) is 20.0 Å². The number of nitrogens with one attached hydrogen (secondary N) is 1. The third kappa shape index (κ3) is 3.91. The Bertz CT molecular complexity index is 641. The Hall–Kier alpha value is -1.98. The Morgan fingerprint density at radius 3 is 3.00 bits per heavy atom. The maximum atomic E-state index is 10.3. The van der Waals surface area contributed by atoms with Crippen molar-refractivity contribution in [1.29, 1.82) is 0 Å². The van der Waals surface area contributed by atoms with Crippen LogP contribution in [0.1, 0.15) is 49.7 Å². The molecule has 1 aliphatic heterocycles. The molecule has 1 aliphatic rings. The molecule has 5 nitrogen and oxygen atoms in total. The number of aliphatic hydroxyl groups excluding tert-OH is 1. The zero-order valence-corrected chi connectivity index (χ0v) is 14.2. The third-order valence-corrected chi connectivity index (χ3v) is 4.42. The number of hydrogen-bond donors (Lipinski definition) is 2. The largest absolute Gasteiger partial charge is 0.497 e. The van der Waals surface area contributed by atoms with E-state index in [9.17, 15) is 5.11 Å². The molecule has 5 heteroatoms. The summed E-state index contributed by atoms with van der Waals surface area (Å²) in [5, 5.41) is 13.9. The average Bonchev–Trinajstić information content (AvgIpc) is 3.05. The van der Waals surface area contributed by atoms with Crippen molar-refractivity contribution in [2.75, 3.05) is 13.7 Å². The molecule has 0 bridgehead atoms. The lowest BCUT2D eigenvalue weighted by molar-refractivity contribution is 0.126. The molecule has 0 fully saturated rings. The lowest BCUT2D eigenvalue weighted by Gasteiger charge is -2.24. The summed E-state index contributed by atoms with van der Waals surface area (Å²) < 4.78 is 16.4. The quantitative estimate of drug-likeness (QED) is 0.847. The highest BCUT2D eigenvalue weighted by Gasteiger charge is 2.23. The van der Waals surface area contributed by atoms with Crippen molar-refractivity contribution in [1.82, 2.24) is 5.32 Å². The van der Waals surface area contributed by atoms with Crippen LogP contribution in [-0.4, -0.2) is 24.9 Å². The topological polar surface area (TPSA) is 63.9 Å². The fraction of sp³-hybridized carbons (Fsp3) is 0.474. The van der Waals surface area contributed by atoms with Gasteiger partial charge in [-0.2, -0.15) is 0 Å².